The number of nitro benzene ring substituents is 1. The Bertz CT molecular complexity index is 352. The third-order valence-electron chi connectivity index (χ3n) is 2.16. The predicted octanol–water partition coefficient (Wildman–Crippen LogP) is 2.82. The van der Waals surface area contributed by atoms with Gasteiger partial charge >= 0.3 is 0 Å². The molecule has 0 aromatic heterocycles. The largest absolute Gasteiger partial charge is 0.272 e. The summed E-state index contributed by atoms with van der Waals surface area (Å²) in [5.74, 6) is 0.520. The first-order valence-corrected chi connectivity index (χ1v) is 4.20. The first-order valence-electron chi connectivity index (χ1n) is 4.20. The van der Waals surface area contributed by atoms with Crippen molar-refractivity contribution < 1.29 is 9.31 Å². The molecule has 0 saturated carbocycles. The molecule has 0 spiro atoms. The molecule has 0 amide bonds. The van der Waals surface area contributed by atoms with Crippen LogP contribution in [0.25, 0.3) is 0 Å². The Labute approximate surface area is 81.7 Å². The maximum absolute atomic E-state index is 12.4. The van der Waals surface area contributed by atoms with E-state index in [1.807, 2.05) is 0 Å². The Morgan fingerprint density at radius 2 is 2.21 bits per heavy atom. The lowest BCUT2D eigenvalue weighted by molar-refractivity contribution is -0.385. The van der Waals surface area contributed by atoms with Crippen LogP contribution in [0.2, 0.25) is 0 Å². The molecule has 1 radical (unpaired) electrons. The van der Waals surface area contributed by atoms with E-state index in [1.54, 1.807) is 26.0 Å². The van der Waals surface area contributed by atoms with E-state index in [0.29, 0.717) is 17.0 Å². The molecular weight excluding hydrogens is 185 g/mol. The number of nitrogens with zero attached hydrogens (tertiary/aromatic N) is 1. The Morgan fingerprint density at radius 3 is 2.71 bits per heavy atom. The van der Waals surface area contributed by atoms with Crippen LogP contribution in [0.3, 0.4) is 0 Å². The van der Waals surface area contributed by atoms with E-state index in [0.717, 1.165) is 0 Å². The number of benzene rings is 1. The fraction of sp³-hybridized carbons (Fsp3) is 0.300. The van der Waals surface area contributed by atoms with Crippen LogP contribution in [0.15, 0.2) is 18.2 Å². The molecule has 0 aliphatic carbocycles. The summed E-state index contributed by atoms with van der Waals surface area (Å²) < 4.78 is 12.4. The Kier molecular flexibility index (Phi) is 3.17. The number of nitro groups is 1. The van der Waals surface area contributed by atoms with E-state index in [1.165, 1.54) is 6.07 Å². The van der Waals surface area contributed by atoms with Gasteiger partial charge in [0.15, 0.2) is 0 Å². The highest BCUT2D eigenvalue weighted by molar-refractivity contribution is 5.49. The average Bonchev–Trinajstić information content (AvgIpc) is 2.16. The van der Waals surface area contributed by atoms with Crippen LogP contribution in [0, 0.1) is 23.0 Å². The number of hydrogen-bond acceptors (Lipinski definition) is 2. The zero-order chi connectivity index (χ0) is 10.7. The van der Waals surface area contributed by atoms with Gasteiger partial charge in [0.1, 0.15) is 0 Å². The van der Waals surface area contributed by atoms with Crippen molar-refractivity contribution in [3.05, 3.63) is 45.4 Å². The van der Waals surface area contributed by atoms with Crippen LogP contribution in [-0.2, 0) is 0 Å². The van der Waals surface area contributed by atoms with Gasteiger partial charge in [-0.3, -0.25) is 14.5 Å². The molecule has 0 aliphatic heterocycles. The lowest BCUT2D eigenvalue weighted by Crippen LogP contribution is -2.02. The average molecular weight is 196 g/mol. The van der Waals surface area contributed by atoms with Crippen molar-refractivity contribution in [3.63, 3.8) is 0 Å². The first-order chi connectivity index (χ1) is 6.57. The van der Waals surface area contributed by atoms with E-state index in [4.69, 9.17) is 0 Å². The lowest BCUT2D eigenvalue weighted by Gasteiger charge is -2.09. The molecule has 1 aromatic carbocycles. The molecule has 0 atom stereocenters. The Hall–Kier alpha value is -1.45. The standard InChI is InChI=1S/C10H11FNO2/c1-7(6-11)9-4-3-5-10(8(9)2)12(13)14/h3-5H,6H2,1-2H3. The van der Waals surface area contributed by atoms with Gasteiger partial charge in [0.2, 0.25) is 0 Å². The van der Waals surface area contributed by atoms with Crippen LogP contribution in [-0.4, -0.2) is 11.6 Å². The van der Waals surface area contributed by atoms with Gasteiger partial charge in [-0.05, 0) is 12.5 Å². The van der Waals surface area contributed by atoms with Gasteiger partial charge in [-0.2, -0.15) is 0 Å². The lowest BCUT2D eigenvalue weighted by atomic mass is 9.96. The monoisotopic (exact) mass is 196 g/mol. The molecule has 0 saturated heterocycles. The molecule has 14 heavy (non-hydrogen) atoms. The minimum absolute atomic E-state index is 0.0373. The normalized spacial score (nSPS) is 10.6. The molecule has 1 aromatic rings. The minimum atomic E-state index is -0.581. The molecule has 0 heterocycles. The van der Waals surface area contributed by atoms with Gasteiger partial charge < -0.3 is 0 Å². The van der Waals surface area contributed by atoms with E-state index >= 15 is 0 Å². The van der Waals surface area contributed by atoms with Gasteiger partial charge in [-0.25, -0.2) is 0 Å². The molecule has 75 valence electrons. The highest BCUT2D eigenvalue weighted by atomic mass is 19.1. The van der Waals surface area contributed by atoms with Crippen LogP contribution >= 0.6 is 0 Å². The first kappa shape index (κ1) is 10.6. The fourth-order valence-electron chi connectivity index (χ4n) is 1.36. The van der Waals surface area contributed by atoms with E-state index in [2.05, 4.69) is 0 Å². The van der Waals surface area contributed by atoms with Crippen molar-refractivity contribution in [2.75, 3.05) is 6.67 Å². The molecule has 0 fully saturated rings. The number of halogens is 1. The summed E-state index contributed by atoms with van der Waals surface area (Å²) in [7, 11) is 0. The summed E-state index contributed by atoms with van der Waals surface area (Å²) in [4.78, 5) is 10.1. The second kappa shape index (κ2) is 4.17. The quantitative estimate of drug-likeness (QED) is 0.551. The molecule has 0 N–H and O–H groups in total. The van der Waals surface area contributed by atoms with Crippen molar-refractivity contribution in [2.45, 2.75) is 13.8 Å². The van der Waals surface area contributed by atoms with Crippen molar-refractivity contribution >= 4 is 5.69 Å². The molecular formula is C10H11FNO2. The smallest absolute Gasteiger partial charge is 0.258 e. The number of alkyl halides is 1. The van der Waals surface area contributed by atoms with Crippen LogP contribution in [0.5, 0.6) is 0 Å². The Morgan fingerprint density at radius 1 is 1.57 bits per heavy atom. The topological polar surface area (TPSA) is 43.1 Å². The summed E-state index contributed by atoms with van der Waals surface area (Å²) in [6.45, 7) is 2.68. The number of hydrogen-bond donors (Lipinski definition) is 0. The van der Waals surface area contributed by atoms with Crippen molar-refractivity contribution in [3.8, 4) is 0 Å². The summed E-state index contributed by atoms with van der Waals surface area (Å²) in [5.41, 5.74) is 1.18. The molecule has 0 aliphatic rings. The second-order valence-electron chi connectivity index (χ2n) is 3.12. The SMILES string of the molecule is C[C](CF)c1cccc([N+](=O)[O-])c1C. The zero-order valence-electron chi connectivity index (χ0n) is 8.08. The highest BCUT2D eigenvalue weighted by Crippen LogP contribution is 2.26. The van der Waals surface area contributed by atoms with Gasteiger partial charge in [0.25, 0.3) is 5.69 Å². The van der Waals surface area contributed by atoms with Gasteiger partial charge in [-0.15, -0.1) is 0 Å². The summed E-state index contributed by atoms with van der Waals surface area (Å²) >= 11 is 0. The summed E-state index contributed by atoms with van der Waals surface area (Å²) in [6.07, 6.45) is 0. The maximum atomic E-state index is 12.4. The third-order valence-corrected chi connectivity index (χ3v) is 2.16. The highest BCUT2D eigenvalue weighted by Gasteiger charge is 2.16. The third kappa shape index (κ3) is 1.89. The van der Waals surface area contributed by atoms with Crippen molar-refractivity contribution in [1.82, 2.24) is 0 Å². The van der Waals surface area contributed by atoms with Crippen LogP contribution in [0.1, 0.15) is 18.1 Å². The molecule has 0 bridgehead atoms. The van der Waals surface area contributed by atoms with E-state index in [-0.39, 0.29) is 5.69 Å². The van der Waals surface area contributed by atoms with Gasteiger partial charge in [0.05, 0.1) is 11.6 Å². The minimum Gasteiger partial charge on any atom is -0.258 e. The molecule has 3 nitrogen and oxygen atoms in total. The van der Waals surface area contributed by atoms with Crippen molar-refractivity contribution in [1.29, 1.82) is 0 Å². The van der Waals surface area contributed by atoms with Crippen LogP contribution in [0.4, 0.5) is 10.1 Å². The maximum Gasteiger partial charge on any atom is 0.272 e. The van der Waals surface area contributed by atoms with Gasteiger partial charge in [-0.1, -0.05) is 19.1 Å². The molecule has 1 rings (SSSR count). The fourth-order valence-corrected chi connectivity index (χ4v) is 1.36. The van der Waals surface area contributed by atoms with E-state index in [9.17, 15) is 14.5 Å². The molecule has 0 unspecified atom stereocenters. The molecule has 4 heteroatoms. The summed E-state index contributed by atoms with van der Waals surface area (Å²) in [6, 6.07) is 4.68. The predicted molar refractivity (Wildman–Crippen MR) is 51.8 cm³/mol. The van der Waals surface area contributed by atoms with Crippen LogP contribution < -0.4 is 0 Å². The Balaban J connectivity index is 3.20. The van der Waals surface area contributed by atoms with Gasteiger partial charge in [0, 0.05) is 17.5 Å². The number of rotatable bonds is 3. The second-order valence-corrected chi connectivity index (χ2v) is 3.12. The van der Waals surface area contributed by atoms with E-state index < -0.39 is 11.6 Å². The zero-order valence-corrected chi connectivity index (χ0v) is 8.08. The summed E-state index contributed by atoms with van der Waals surface area (Å²) in [5, 5.41) is 10.6. The van der Waals surface area contributed by atoms with Crippen molar-refractivity contribution in [2.24, 2.45) is 0 Å².